The molecule has 1 aliphatic heterocycles. The van der Waals surface area contributed by atoms with Gasteiger partial charge in [0.05, 0.1) is 16.3 Å². The Hall–Kier alpha value is -3.43. The fourth-order valence-electron chi connectivity index (χ4n) is 3.55. The highest BCUT2D eigenvalue weighted by molar-refractivity contribution is 8.26. The molecule has 0 spiro atoms. The van der Waals surface area contributed by atoms with Crippen LogP contribution in [0.3, 0.4) is 0 Å². The predicted molar refractivity (Wildman–Crippen MR) is 130 cm³/mol. The first-order chi connectivity index (χ1) is 15.7. The average molecular weight is 459 g/mol. The van der Waals surface area contributed by atoms with E-state index in [1.54, 1.807) is 4.90 Å². The van der Waals surface area contributed by atoms with Crippen LogP contribution in [0.4, 0.5) is 0 Å². The van der Waals surface area contributed by atoms with Gasteiger partial charge in [0, 0.05) is 18.5 Å². The second-order valence-corrected chi connectivity index (χ2v) is 8.95. The number of hydrogen-bond donors (Lipinski definition) is 1. The molecular weight excluding hydrogens is 440 g/mol. The number of aromatic amines is 1. The molecular formula is C23H18N6OS2. The number of fused-ring (bicyclic) bond motifs is 1. The van der Waals surface area contributed by atoms with Gasteiger partial charge in [-0.05, 0) is 41.5 Å². The van der Waals surface area contributed by atoms with Gasteiger partial charge in [0.2, 0.25) is 0 Å². The number of thiocarbonyl (C=S) groups is 1. The number of pyridine rings is 1. The van der Waals surface area contributed by atoms with Crippen LogP contribution in [-0.2, 0) is 11.2 Å². The summed E-state index contributed by atoms with van der Waals surface area (Å²) in [4.78, 5) is 19.9. The molecule has 0 unspecified atom stereocenters. The van der Waals surface area contributed by atoms with Crippen LogP contribution >= 0.6 is 24.0 Å². The number of aryl methyl sites for hydroxylation is 1. The number of carbonyl (C=O) groups excluding carboxylic acids is 1. The van der Waals surface area contributed by atoms with Gasteiger partial charge in [0.1, 0.15) is 4.32 Å². The Labute approximate surface area is 193 Å². The molecule has 4 aromatic rings. The third-order valence-electron chi connectivity index (χ3n) is 5.14. The molecule has 0 saturated carbocycles. The summed E-state index contributed by atoms with van der Waals surface area (Å²) >= 11 is 6.74. The third-order valence-corrected chi connectivity index (χ3v) is 6.52. The van der Waals surface area contributed by atoms with Gasteiger partial charge in [-0.15, -0.1) is 10.2 Å². The number of benzene rings is 2. The van der Waals surface area contributed by atoms with Crippen LogP contribution in [0.2, 0.25) is 0 Å². The molecule has 0 bridgehead atoms. The lowest BCUT2D eigenvalue weighted by Gasteiger charge is -2.13. The van der Waals surface area contributed by atoms with Crippen molar-refractivity contribution in [3.8, 4) is 11.3 Å². The maximum atomic E-state index is 12.9. The Morgan fingerprint density at radius 2 is 1.94 bits per heavy atom. The van der Waals surface area contributed by atoms with Gasteiger partial charge in [-0.25, -0.2) is 4.98 Å². The Balaban J connectivity index is 1.33. The second-order valence-electron chi connectivity index (χ2n) is 7.27. The van der Waals surface area contributed by atoms with Gasteiger partial charge in [-0.2, -0.15) is 5.21 Å². The van der Waals surface area contributed by atoms with Crippen LogP contribution in [0.15, 0.2) is 65.6 Å². The van der Waals surface area contributed by atoms with E-state index in [4.69, 9.17) is 17.2 Å². The smallest absolute Gasteiger partial charge is 0.266 e. The summed E-state index contributed by atoms with van der Waals surface area (Å²) < 4.78 is 0.556. The fourth-order valence-corrected chi connectivity index (χ4v) is 4.85. The highest BCUT2D eigenvalue weighted by atomic mass is 32.2. The van der Waals surface area contributed by atoms with Crippen molar-refractivity contribution in [1.82, 2.24) is 30.5 Å². The molecule has 1 amide bonds. The van der Waals surface area contributed by atoms with Crippen LogP contribution in [-0.4, -0.2) is 47.3 Å². The molecule has 1 saturated heterocycles. The van der Waals surface area contributed by atoms with Crippen molar-refractivity contribution in [2.75, 3.05) is 6.54 Å². The summed E-state index contributed by atoms with van der Waals surface area (Å²) in [5.74, 6) is 0.534. The van der Waals surface area contributed by atoms with E-state index >= 15 is 0 Å². The third kappa shape index (κ3) is 4.30. The molecule has 1 aliphatic rings. The van der Waals surface area contributed by atoms with Gasteiger partial charge in [-0.1, -0.05) is 71.7 Å². The molecule has 0 aliphatic carbocycles. The van der Waals surface area contributed by atoms with Crippen LogP contribution in [0.25, 0.3) is 28.1 Å². The zero-order chi connectivity index (χ0) is 21.9. The minimum Gasteiger partial charge on any atom is -0.293 e. The van der Waals surface area contributed by atoms with Crippen LogP contribution in [0.5, 0.6) is 0 Å². The lowest BCUT2D eigenvalue weighted by atomic mass is 10.0. The van der Waals surface area contributed by atoms with Crippen molar-refractivity contribution >= 4 is 51.1 Å². The molecule has 32 heavy (non-hydrogen) atoms. The predicted octanol–water partition coefficient (Wildman–Crippen LogP) is 4.25. The van der Waals surface area contributed by atoms with Gasteiger partial charge in [0.25, 0.3) is 5.91 Å². The quantitative estimate of drug-likeness (QED) is 0.341. The van der Waals surface area contributed by atoms with E-state index in [1.807, 2.05) is 36.4 Å². The van der Waals surface area contributed by atoms with Gasteiger partial charge in [-0.3, -0.25) is 9.69 Å². The number of thioether (sulfide) groups is 1. The van der Waals surface area contributed by atoms with E-state index < -0.39 is 0 Å². The topological polar surface area (TPSA) is 87.7 Å². The van der Waals surface area contributed by atoms with E-state index in [1.165, 1.54) is 22.5 Å². The zero-order valence-electron chi connectivity index (χ0n) is 16.9. The second kappa shape index (κ2) is 8.97. The molecule has 5 rings (SSSR count). The van der Waals surface area contributed by atoms with Crippen molar-refractivity contribution in [2.24, 2.45) is 0 Å². The molecule has 2 aromatic heterocycles. The van der Waals surface area contributed by atoms with Crippen molar-refractivity contribution < 1.29 is 4.79 Å². The minimum atomic E-state index is -0.0916. The SMILES string of the molecule is O=C1/C(=C/c2cccc(-c3ccc4ccccc4c3)n2)SC(=S)N1CCCc1nn[nH]n1. The molecule has 1 fully saturated rings. The molecule has 7 nitrogen and oxygen atoms in total. The number of nitrogens with one attached hydrogen (secondary N) is 1. The lowest BCUT2D eigenvalue weighted by Crippen LogP contribution is -2.29. The Morgan fingerprint density at radius 1 is 1.06 bits per heavy atom. The summed E-state index contributed by atoms with van der Waals surface area (Å²) in [6.45, 7) is 0.515. The highest BCUT2D eigenvalue weighted by Gasteiger charge is 2.31. The molecule has 3 heterocycles. The molecule has 9 heteroatoms. The average Bonchev–Trinajstić information content (AvgIpc) is 3.43. The summed E-state index contributed by atoms with van der Waals surface area (Å²) in [5, 5.41) is 16.2. The number of H-pyrrole nitrogens is 1. The lowest BCUT2D eigenvalue weighted by molar-refractivity contribution is -0.122. The maximum absolute atomic E-state index is 12.9. The standard InChI is InChI=1S/C23H18N6OS2/c30-22-20(32-23(31)29(22)12-4-9-21-25-27-28-26-21)14-18-7-3-8-19(24-18)17-11-10-15-5-1-2-6-16(15)13-17/h1-3,5-8,10-11,13-14H,4,9,12H2,(H,25,26,27,28)/b20-14-. The normalized spacial score (nSPS) is 15.2. The molecule has 158 valence electrons. The van der Waals surface area contributed by atoms with Crippen molar-refractivity contribution in [3.63, 3.8) is 0 Å². The van der Waals surface area contributed by atoms with E-state index in [2.05, 4.69) is 51.0 Å². The van der Waals surface area contributed by atoms with Gasteiger partial charge < -0.3 is 0 Å². The molecule has 0 radical (unpaired) electrons. The number of carbonyl (C=O) groups is 1. The van der Waals surface area contributed by atoms with Gasteiger partial charge in [0.15, 0.2) is 5.82 Å². The maximum Gasteiger partial charge on any atom is 0.266 e. The highest BCUT2D eigenvalue weighted by Crippen LogP contribution is 2.33. The summed E-state index contributed by atoms with van der Waals surface area (Å²) in [7, 11) is 0. The Bertz CT molecular complexity index is 1340. The largest absolute Gasteiger partial charge is 0.293 e. The van der Waals surface area contributed by atoms with E-state index in [9.17, 15) is 4.79 Å². The van der Waals surface area contributed by atoms with Crippen LogP contribution < -0.4 is 0 Å². The van der Waals surface area contributed by atoms with Crippen molar-refractivity contribution in [2.45, 2.75) is 12.8 Å². The molecule has 2 aromatic carbocycles. The fraction of sp³-hybridized carbons (Fsp3) is 0.130. The van der Waals surface area contributed by atoms with Crippen LogP contribution in [0.1, 0.15) is 17.9 Å². The number of aromatic nitrogens is 5. The number of hydrogen-bond acceptors (Lipinski definition) is 7. The first kappa shape index (κ1) is 20.5. The van der Waals surface area contributed by atoms with E-state index in [-0.39, 0.29) is 5.91 Å². The monoisotopic (exact) mass is 458 g/mol. The first-order valence-corrected chi connectivity index (χ1v) is 11.3. The zero-order valence-corrected chi connectivity index (χ0v) is 18.6. The first-order valence-electron chi connectivity index (χ1n) is 10.1. The summed E-state index contributed by atoms with van der Waals surface area (Å²) in [5.41, 5.74) is 2.62. The number of tetrazole rings is 1. The molecule has 0 atom stereocenters. The summed E-state index contributed by atoms with van der Waals surface area (Å²) in [6, 6.07) is 20.4. The number of amides is 1. The summed E-state index contributed by atoms with van der Waals surface area (Å²) in [6.07, 6.45) is 3.14. The van der Waals surface area contributed by atoms with Crippen molar-refractivity contribution in [1.29, 1.82) is 0 Å². The number of nitrogens with zero attached hydrogens (tertiary/aromatic N) is 5. The van der Waals surface area contributed by atoms with E-state index in [0.29, 0.717) is 34.4 Å². The van der Waals surface area contributed by atoms with Gasteiger partial charge >= 0.3 is 0 Å². The minimum absolute atomic E-state index is 0.0916. The van der Waals surface area contributed by atoms with E-state index in [0.717, 1.165) is 17.0 Å². The van der Waals surface area contributed by atoms with Crippen molar-refractivity contribution in [3.05, 3.63) is 77.1 Å². The van der Waals surface area contributed by atoms with Crippen LogP contribution in [0, 0.1) is 0 Å². The Kier molecular flexibility index (Phi) is 5.74. The number of rotatable bonds is 6. The Morgan fingerprint density at radius 3 is 2.78 bits per heavy atom. The molecule has 1 N–H and O–H groups in total.